The Kier molecular flexibility index (Phi) is 3.87. The normalized spacial score (nSPS) is 25.9. The quantitative estimate of drug-likeness (QED) is 0.665. The molecule has 9 heteroatoms. The number of sulfonamides is 1. The zero-order valence-electron chi connectivity index (χ0n) is 11.7. The minimum Gasteiger partial charge on any atom is -0.315 e. The van der Waals surface area contributed by atoms with Crippen LogP contribution in [0.3, 0.4) is 0 Å². The molecule has 0 radical (unpaired) electrons. The highest BCUT2D eigenvalue weighted by Crippen LogP contribution is 2.37. The van der Waals surface area contributed by atoms with Crippen molar-refractivity contribution in [3.8, 4) is 0 Å². The van der Waals surface area contributed by atoms with Gasteiger partial charge in [0.15, 0.2) is 4.90 Å². The fraction of sp³-hybridized carbons (Fsp3) is 0.538. The van der Waals surface area contributed by atoms with Crippen molar-refractivity contribution in [3.63, 3.8) is 0 Å². The van der Waals surface area contributed by atoms with Crippen molar-refractivity contribution in [2.75, 3.05) is 13.1 Å². The molecular weight excluding hydrogens is 313 g/mol. The summed E-state index contributed by atoms with van der Waals surface area (Å²) in [6.07, 6.45) is 2.09. The summed E-state index contributed by atoms with van der Waals surface area (Å²) in [5, 5.41) is 14.3. The van der Waals surface area contributed by atoms with E-state index < -0.39 is 31.3 Å². The third-order valence-corrected chi connectivity index (χ3v) is 6.31. The van der Waals surface area contributed by atoms with Crippen molar-refractivity contribution in [1.29, 1.82) is 0 Å². The van der Waals surface area contributed by atoms with Crippen LogP contribution in [0.15, 0.2) is 23.1 Å². The molecule has 0 aliphatic carbocycles. The molecule has 2 fully saturated rings. The van der Waals surface area contributed by atoms with E-state index in [0.717, 1.165) is 18.6 Å². The summed E-state index contributed by atoms with van der Waals surface area (Å²) >= 11 is 0. The van der Waals surface area contributed by atoms with E-state index in [2.05, 4.69) is 5.32 Å². The second-order valence-electron chi connectivity index (χ2n) is 5.56. The summed E-state index contributed by atoms with van der Waals surface area (Å²) in [7, 11) is -4.11. The van der Waals surface area contributed by atoms with Gasteiger partial charge in [-0.3, -0.25) is 10.1 Å². The first kappa shape index (κ1) is 15.3. The fourth-order valence-corrected chi connectivity index (χ4v) is 5.40. The predicted molar refractivity (Wildman–Crippen MR) is 76.4 cm³/mol. The highest BCUT2D eigenvalue weighted by atomic mass is 32.2. The molecule has 22 heavy (non-hydrogen) atoms. The lowest BCUT2D eigenvalue weighted by molar-refractivity contribution is -0.390. The van der Waals surface area contributed by atoms with Crippen LogP contribution in [0.2, 0.25) is 0 Å². The summed E-state index contributed by atoms with van der Waals surface area (Å²) in [5.74, 6) is -1.13. The number of halogens is 1. The van der Waals surface area contributed by atoms with Crippen molar-refractivity contribution in [2.45, 2.75) is 36.2 Å². The Morgan fingerprint density at radius 2 is 2.00 bits per heavy atom. The molecule has 2 atom stereocenters. The molecule has 1 N–H and O–H groups in total. The van der Waals surface area contributed by atoms with Gasteiger partial charge in [0.1, 0.15) is 0 Å². The summed E-state index contributed by atoms with van der Waals surface area (Å²) in [4.78, 5) is 9.56. The van der Waals surface area contributed by atoms with E-state index in [1.165, 1.54) is 10.4 Å². The average molecular weight is 329 g/mol. The molecule has 3 rings (SSSR count). The fourth-order valence-electron chi connectivity index (χ4n) is 3.33. The predicted octanol–water partition coefficient (Wildman–Crippen LogP) is 1.25. The molecule has 2 aliphatic heterocycles. The van der Waals surface area contributed by atoms with Gasteiger partial charge in [0.25, 0.3) is 10.0 Å². The molecule has 120 valence electrons. The Morgan fingerprint density at radius 1 is 1.27 bits per heavy atom. The molecule has 2 saturated heterocycles. The largest absolute Gasteiger partial charge is 0.324 e. The van der Waals surface area contributed by atoms with Crippen molar-refractivity contribution < 1.29 is 17.7 Å². The Hall–Kier alpha value is -1.58. The van der Waals surface area contributed by atoms with Crippen LogP contribution in [0.4, 0.5) is 10.1 Å². The van der Waals surface area contributed by atoms with E-state index >= 15 is 0 Å². The Bertz CT molecular complexity index is 695. The molecule has 1 aromatic rings. The average Bonchev–Trinajstić information content (AvgIpc) is 2.72. The van der Waals surface area contributed by atoms with Crippen LogP contribution in [-0.4, -0.2) is 42.8 Å². The number of nitrogens with zero attached hydrogens (tertiary/aromatic N) is 2. The van der Waals surface area contributed by atoms with Gasteiger partial charge in [-0.05, 0) is 37.9 Å². The van der Waals surface area contributed by atoms with Gasteiger partial charge in [-0.15, -0.1) is 0 Å². The van der Waals surface area contributed by atoms with Gasteiger partial charge in [0.2, 0.25) is 5.82 Å². The number of hydrogen-bond donors (Lipinski definition) is 1. The summed E-state index contributed by atoms with van der Waals surface area (Å²) < 4.78 is 40.9. The van der Waals surface area contributed by atoms with Crippen LogP contribution in [0.5, 0.6) is 0 Å². The van der Waals surface area contributed by atoms with Crippen LogP contribution in [0.1, 0.15) is 19.3 Å². The highest BCUT2D eigenvalue weighted by Gasteiger charge is 2.45. The van der Waals surface area contributed by atoms with Crippen molar-refractivity contribution in [3.05, 3.63) is 34.1 Å². The Morgan fingerprint density at radius 3 is 2.73 bits per heavy atom. The minimum absolute atomic E-state index is 0.187. The zero-order chi connectivity index (χ0) is 15.9. The molecule has 2 unspecified atom stereocenters. The van der Waals surface area contributed by atoms with Gasteiger partial charge >= 0.3 is 5.69 Å². The molecule has 0 spiro atoms. The maximum Gasteiger partial charge on any atom is 0.324 e. The summed E-state index contributed by atoms with van der Waals surface area (Å²) in [6, 6.07) is 2.77. The van der Waals surface area contributed by atoms with Gasteiger partial charge < -0.3 is 5.32 Å². The van der Waals surface area contributed by atoms with E-state index in [4.69, 9.17) is 0 Å². The van der Waals surface area contributed by atoms with E-state index in [9.17, 15) is 22.9 Å². The van der Waals surface area contributed by atoms with Crippen molar-refractivity contribution >= 4 is 15.7 Å². The lowest BCUT2D eigenvalue weighted by Crippen LogP contribution is -2.42. The minimum atomic E-state index is -4.11. The van der Waals surface area contributed by atoms with Gasteiger partial charge in [-0.1, -0.05) is 6.07 Å². The van der Waals surface area contributed by atoms with Crippen molar-refractivity contribution in [2.24, 2.45) is 0 Å². The first-order valence-corrected chi connectivity index (χ1v) is 8.54. The number of benzene rings is 1. The van der Waals surface area contributed by atoms with Crippen LogP contribution in [0, 0.1) is 15.9 Å². The Balaban J connectivity index is 2.11. The standard InChI is InChI=1S/C13H16FN3O4S/c14-11-2-1-3-12(13(11)17(18)19)22(20,21)16-9-4-5-10(16)8-15-7-6-9/h1-3,9-10,15H,4-8H2. The highest BCUT2D eigenvalue weighted by molar-refractivity contribution is 7.89. The van der Waals surface area contributed by atoms with Gasteiger partial charge in [-0.2, -0.15) is 8.70 Å². The number of rotatable bonds is 3. The Labute approximate surface area is 127 Å². The van der Waals surface area contributed by atoms with Crippen LogP contribution >= 0.6 is 0 Å². The summed E-state index contributed by atoms with van der Waals surface area (Å²) in [6.45, 7) is 1.22. The molecule has 2 bridgehead atoms. The zero-order valence-corrected chi connectivity index (χ0v) is 12.6. The third kappa shape index (κ3) is 2.38. The second-order valence-corrected chi connectivity index (χ2v) is 7.37. The number of fused-ring (bicyclic) bond motifs is 2. The number of para-hydroxylation sites is 1. The number of nitrogens with one attached hydrogen (secondary N) is 1. The van der Waals surface area contributed by atoms with E-state index in [-0.39, 0.29) is 12.1 Å². The summed E-state index contributed by atoms with van der Waals surface area (Å²) in [5.41, 5.74) is -0.973. The lowest BCUT2D eigenvalue weighted by atomic mass is 10.1. The molecule has 0 amide bonds. The first-order chi connectivity index (χ1) is 10.4. The van der Waals surface area contributed by atoms with Gasteiger partial charge in [-0.25, -0.2) is 8.42 Å². The number of nitro groups is 1. The molecular formula is C13H16FN3O4S. The lowest BCUT2D eigenvalue weighted by Gasteiger charge is -2.26. The van der Waals surface area contributed by atoms with E-state index in [1.807, 2.05) is 0 Å². The molecule has 2 aliphatic rings. The maximum absolute atomic E-state index is 13.8. The van der Waals surface area contributed by atoms with Gasteiger partial charge in [0.05, 0.1) is 4.92 Å². The first-order valence-electron chi connectivity index (χ1n) is 7.10. The third-order valence-electron chi connectivity index (χ3n) is 4.27. The molecule has 0 aromatic heterocycles. The number of nitro benzene ring substituents is 1. The molecule has 2 heterocycles. The monoisotopic (exact) mass is 329 g/mol. The smallest absolute Gasteiger partial charge is 0.315 e. The second kappa shape index (κ2) is 5.56. The van der Waals surface area contributed by atoms with Crippen LogP contribution < -0.4 is 5.32 Å². The SMILES string of the molecule is O=[N+]([O-])c1c(F)cccc1S(=O)(=O)N1C2CCNCC1CC2. The van der Waals surface area contributed by atoms with Crippen LogP contribution in [0.25, 0.3) is 0 Å². The van der Waals surface area contributed by atoms with Gasteiger partial charge in [0, 0.05) is 18.6 Å². The van der Waals surface area contributed by atoms with E-state index in [0.29, 0.717) is 25.9 Å². The van der Waals surface area contributed by atoms with Crippen molar-refractivity contribution in [1.82, 2.24) is 9.62 Å². The van der Waals surface area contributed by atoms with Crippen LogP contribution in [-0.2, 0) is 10.0 Å². The number of hydrogen-bond acceptors (Lipinski definition) is 5. The molecule has 0 saturated carbocycles. The molecule has 1 aromatic carbocycles. The maximum atomic E-state index is 13.8. The topological polar surface area (TPSA) is 92.5 Å². The molecule has 7 nitrogen and oxygen atoms in total. The van der Waals surface area contributed by atoms with E-state index in [1.54, 1.807) is 0 Å².